The molecule has 4 nitrogen and oxygen atoms in total. The number of carbonyl (C=O) groups excluding carboxylic acids is 1. The highest BCUT2D eigenvalue weighted by Crippen LogP contribution is 2.39. The summed E-state index contributed by atoms with van der Waals surface area (Å²) in [4.78, 5) is 13.9. The SMILES string of the molecule is O=C(c1ccccc1S(=O)(=O)C(F)F)N1CCSC1c1ccc(Br)cc1. The maximum absolute atomic E-state index is 13.0. The van der Waals surface area contributed by atoms with Crippen molar-refractivity contribution in [1.29, 1.82) is 0 Å². The fourth-order valence-electron chi connectivity index (χ4n) is 2.72. The first-order valence-corrected chi connectivity index (χ1v) is 11.0. The molecule has 0 aliphatic carbocycles. The van der Waals surface area contributed by atoms with Gasteiger partial charge in [0.25, 0.3) is 5.91 Å². The van der Waals surface area contributed by atoms with Crippen molar-refractivity contribution in [2.24, 2.45) is 0 Å². The Balaban J connectivity index is 1.98. The summed E-state index contributed by atoms with van der Waals surface area (Å²) in [6.07, 6.45) is 0. The number of nitrogens with zero attached hydrogens (tertiary/aromatic N) is 1. The van der Waals surface area contributed by atoms with Crippen molar-refractivity contribution >= 4 is 43.4 Å². The van der Waals surface area contributed by atoms with Gasteiger partial charge < -0.3 is 4.90 Å². The van der Waals surface area contributed by atoms with Crippen LogP contribution < -0.4 is 0 Å². The largest absolute Gasteiger partial charge is 0.341 e. The molecule has 1 amide bonds. The lowest BCUT2D eigenvalue weighted by Gasteiger charge is -2.25. The van der Waals surface area contributed by atoms with Gasteiger partial charge in [-0.1, -0.05) is 40.2 Å². The molecule has 1 saturated heterocycles. The maximum atomic E-state index is 13.0. The molecule has 9 heteroatoms. The molecule has 1 aliphatic rings. The van der Waals surface area contributed by atoms with Crippen molar-refractivity contribution < 1.29 is 22.0 Å². The van der Waals surface area contributed by atoms with Gasteiger partial charge in [-0.25, -0.2) is 8.42 Å². The summed E-state index contributed by atoms with van der Waals surface area (Å²) in [5.74, 6) is -3.47. The number of amides is 1. The minimum absolute atomic E-state index is 0.225. The van der Waals surface area contributed by atoms with Crippen LogP contribution in [0.4, 0.5) is 8.78 Å². The number of rotatable bonds is 4. The number of carbonyl (C=O) groups is 1. The molecule has 1 heterocycles. The molecule has 2 aromatic rings. The third kappa shape index (κ3) is 3.65. The van der Waals surface area contributed by atoms with Crippen molar-refractivity contribution in [3.63, 3.8) is 0 Å². The van der Waals surface area contributed by atoms with Crippen LogP contribution in [0.25, 0.3) is 0 Å². The number of sulfone groups is 1. The molecule has 138 valence electrons. The highest BCUT2D eigenvalue weighted by atomic mass is 79.9. The Bertz CT molecular complexity index is 920. The number of hydrogen-bond acceptors (Lipinski definition) is 4. The second kappa shape index (κ2) is 7.66. The van der Waals surface area contributed by atoms with Crippen LogP contribution in [0.3, 0.4) is 0 Å². The van der Waals surface area contributed by atoms with Gasteiger partial charge in [0, 0.05) is 16.8 Å². The van der Waals surface area contributed by atoms with Crippen molar-refractivity contribution in [3.05, 3.63) is 64.1 Å². The maximum Gasteiger partial charge on any atom is 0.341 e. The molecule has 26 heavy (non-hydrogen) atoms. The molecule has 0 bridgehead atoms. The number of alkyl halides is 2. The third-order valence-electron chi connectivity index (χ3n) is 3.97. The van der Waals surface area contributed by atoms with E-state index >= 15 is 0 Å². The minimum atomic E-state index is -4.86. The zero-order valence-electron chi connectivity index (χ0n) is 13.3. The van der Waals surface area contributed by atoms with Gasteiger partial charge in [-0.3, -0.25) is 4.79 Å². The lowest BCUT2D eigenvalue weighted by Crippen LogP contribution is -2.32. The average Bonchev–Trinajstić information content (AvgIpc) is 3.11. The van der Waals surface area contributed by atoms with E-state index in [2.05, 4.69) is 15.9 Å². The molecule has 2 aromatic carbocycles. The van der Waals surface area contributed by atoms with Crippen LogP contribution in [-0.4, -0.2) is 37.3 Å². The van der Waals surface area contributed by atoms with E-state index in [1.165, 1.54) is 23.1 Å². The van der Waals surface area contributed by atoms with Crippen molar-refractivity contribution in [2.75, 3.05) is 12.3 Å². The Labute approximate surface area is 162 Å². The van der Waals surface area contributed by atoms with Crippen LogP contribution in [0, 0.1) is 0 Å². The fraction of sp³-hybridized carbons (Fsp3) is 0.235. The summed E-state index contributed by atoms with van der Waals surface area (Å²) in [5, 5.41) is -0.294. The van der Waals surface area contributed by atoms with Gasteiger partial charge in [-0.05, 0) is 29.8 Å². The van der Waals surface area contributed by atoms with Gasteiger partial charge in [0.1, 0.15) is 5.37 Å². The van der Waals surface area contributed by atoms with Crippen LogP contribution in [0.5, 0.6) is 0 Å². The Kier molecular flexibility index (Phi) is 5.69. The normalized spacial score (nSPS) is 17.7. The van der Waals surface area contributed by atoms with E-state index in [4.69, 9.17) is 0 Å². The van der Waals surface area contributed by atoms with Gasteiger partial charge >= 0.3 is 5.76 Å². The van der Waals surface area contributed by atoms with E-state index < -0.39 is 26.4 Å². The van der Waals surface area contributed by atoms with Crippen molar-refractivity contribution in [1.82, 2.24) is 4.90 Å². The van der Waals surface area contributed by atoms with Gasteiger partial charge in [0.05, 0.1) is 10.5 Å². The van der Waals surface area contributed by atoms with Crippen molar-refractivity contribution in [2.45, 2.75) is 16.0 Å². The Morgan fingerprint density at radius 1 is 1.15 bits per heavy atom. The van der Waals surface area contributed by atoms with Crippen LogP contribution >= 0.6 is 27.7 Å². The lowest BCUT2D eigenvalue weighted by atomic mass is 10.1. The number of benzene rings is 2. The van der Waals surface area contributed by atoms with Crippen LogP contribution in [0.2, 0.25) is 0 Å². The zero-order chi connectivity index (χ0) is 18.9. The Morgan fingerprint density at radius 2 is 1.81 bits per heavy atom. The summed E-state index contributed by atoms with van der Waals surface area (Å²) in [6.45, 7) is 0.410. The van der Waals surface area contributed by atoms with Crippen LogP contribution in [0.15, 0.2) is 57.9 Å². The molecule has 1 fully saturated rings. The molecule has 3 rings (SSSR count). The van der Waals surface area contributed by atoms with E-state index in [9.17, 15) is 22.0 Å². The van der Waals surface area contributed by atoms with E-state index in [-0.39, 0.29) is 10.9 Å². The standard InChI is InChI=1S/C17H14BrF2NO3S2/c18-12-7-5-11(6-8-12)16-21(9-10-25-16)15(22)13-3-1-2-4-14(13)26(23,24)17(19)20/h1-8,16-17H,9-10H2. The number of thioether (sulfide) groups is 1. The van der Waals surface area contributed by atoms with Gasteiger partial charge in [-0.15, -0.1) is 11.8 Å². The predicted molar refractivity (Wildman–Crippen MR) is 100 cm³/mol. The molecule has 1 atom stereocenters. The monoisotopic (exact) mass is 461 g/mol. The smallest absolute Gasteiger partial charge is 0.322 e. The molecule has 0 saturated carbocycles. The molecule has 0 radical (unpaired) electrons. The second-order valence-corrected chi connectivity index (χ2v) is 9.57. The van der Waals surface area contributed by atoms with E-state index in [0.717, 1.165) is 16.1 Å². The topological polar surface area (TPSA) is 54.5 Å². The molecule has 0 spiro atoms. The molecule has 0 N–H and O–H groups in total. The quantitative estimate of drug-likeness (QED) is 0.679. The summed E-state index contributed by atoms with van der Waals surface area (Å²) in [7, 11) is -4.86. The number of halogens is 3. The van der Waals surface area contributed by atoms with Crippen LogP contribution in [-0.2, 0) is 9.84 Å². The summed E-state index contributed by atoms with van der Waals surface area (Å²) in [5.41, 5.74) is 0.663. The van der Waals surface area contributed by atoms with Crippen LogP contribution in [0.1, 0.15) is 21.3 Å². The highest BCUT2D eigenvalue weighted by molar-refractivity contribution is 9.10. The minimum Gasteiger partial charge on any atom is -0.322 e. The first-order valence-electron chi connectivity index (χ1n) is 7.61. The molecular formula is C17H14BrF2NO3S2. The predicted octanol–water partition coefficient (Wildman–Crippen LogP) is 4.33. The zero-order valence-corrected chi connectivity index (χ0v) is 16.5. The number of hydrogen-bond donors (Lipinski definition) is 0. The summed E-state index contributed by atoms with van der Waals surface area (Å²) < 4.78 is 50.7. The van der Waals surface area contributed by atoms with Gasteiger partial charge in [0.2, 0.25) is 9.84 Å². The molecule has 1 aliphatic heterocycles. The van der Waals surface area contributed by atoms with E-state index in [1.54, 1.807) is 11.8 Å². The Hall–Kier alpha value is -1.45. The van der Waals surface area contributed by atoms with Gasteiger partial charge in [0.15, 0.2) is 0 Å². The highest BCUT2D eigenvalue weighted by Gasteiger charge is 2.36. The first kappa shape index (κ1) is 19.3. The second-order valence-electron chi connectivity index (χ2n) is 5.58. The first-order chi connectivity index (χ1) is 12.3. The van der Waals surface area contributed by atoms with Crippen molar-refractivity contribution in [3.8, 4) is 0 Å². The average molecular weight is 462 g/mol. The molecule has 0 aromatic heterocycles. The molecule has 1 unspecified atom stereocenters. The summed E-state index contributed by atoms with van der Waals surface area (Å²) >= 11 is 4.90. The van der Waals surface area contributed by atoms with Gasteiger partial charge in [-0.2, -0.15) is 8.78 Å². The fourth-order valence-corrected chi connectivity index (χ4v) is 5.17. The van der Waals surface area contributed by atoms with E-state index in [0.29, 0.717) is 12.3 Å². The van der Waals surface area contributed by atoms with E-state index in [1.807, 2.05) is 24.3 Å². The Morgan fingerprint density at radius 3 is 2.46 bits per heavy atom. The third-order valence-corrected chi connectivity index (χ3v) is 7.19. The molecular weight excluding hydrogens is 448 g/mol. The lowest BCUT2D eigenvalue weighted by molar-refractivity contribution is 0.0756. The summed E-state index contributed by atoms with van der Waals surface area (Å²) in [6, 6.07) is 12.6.